The highest BCUT2D eigenvalue weighted by atomic mass is 16.4. The normalized spacial score (nSPS) is 29.2. The lowest BCUT2D eigenvalue weighted by Crippen LogP contribution is -2.21. The van der Waals surface area contributed by atoms with Crippen LogP contribution in [-0.4, -0.2) is 44.7 Å². The van der Waals surface area contributed by atoms with Crippen LogP contribution < -0.4 is 0 Å². The smallest absolute Gasteiger partial charge is 0.303 e. The Morgan fingerprint density at radius 2 is 1.78 bits per heavy atom. The lowest BCUT2D eigenvalue weighted by atomic mass is 9.88. The van der Waals surface area contributed by atoms with E-state index in [-0.39, 0.29) is 18.3 Å². The first-order valence-electron chi connectivity index (χ1n) is 8.90. The van der Waals surface area contributed by atoms with Crippen LogP contribution in [0.5, 0.6) is 0 Å². The Hall–Kier alpha value is -0.910. The molecule has 1 aliphatic rings. The standard InChI is InChI=1S/C18H32O5/c1-2-13(19)10-11-15-14(16(20)12-17(15)21)8-6-4-3-5-7-9-18(22)23/h10-11,13-17,19-21H,2-9,12H2,1H3,(H,22,23)/b11-10+. The molecule has 0 bridgehead atoms. The van der Waals surface area contributed by atoms with Crippen LogP contribution in [0.15, 0.2) is 12.2 Å². The summed E-state index contributed by atoms with van der Waals surface area (Å²) in [5.41, 5.74) is 0. The van der Waals surface area contributed by atoms with Crippen LogP contribution in [0.4, 0.5) is 0 Å². The monoisotopic (exact) mass is 328 g/mol. The Balaban J connectivity index is 2.31. The molecule has 5 nitrogen and oxygen atoms in total. The van der Waals surface area contributed by atoms with E-state index in [1.54, 1.807) is 6.08 Å². The van der Waals surface area contributed by atoms with Gasteiger partial charge in [0.15, 0.2) is 0 Å². The van der Waals surface area contributed by atoms with Gasteiger partial charge in [0.2, 0.25) is 0 Å². The highest BCUT2D eigenvalue weighted by molar-refractivity contribution is 5.66. The molecule has 0 aromatic carbocycles. The summed E-state index contributed by atoms with van der Waals surface area (Å²) in [5, 5.41) is 38.4. The van der Waals surface area contributed by atoms with Crippen molar-refractivity contribution in [2.24, 2.45) is 11.8 Å². The molecule has 1 fully saturated rings. The van der Waals surface area contributed by atoms with Crippen LogP contribution >= 0.6 is 0 Å². The minimum Gasteiger partial charge on any atom is -0.481 e. The molecule has 1 aliphatic carbocycles. The molecular weight excluding hydrogens is 296 g/mol. The summed E-state index contributed by atoms with van der Waals surface area (Å²) in [6.07, 6.45) is 8.87. The third-order valence-electron chi connectivity index (χ3n) is 4.82. The van der Waals surface area contributed by atoms with Gasteiger partial charge in [0.05, 0.1) is 18.3 Å². The summed E-state index contributed by atoms with van der Waals surface area (Å²) in [5.74, 6) is -0.778. The quantitative estimate of drug-likeness (QED) is 0.345. The number of aliphatic hydroxyl groups is 3. The first-order valence-corrected chi connectivity index (χ1v) is 8.90. The Morgan fingerprint density at radius 3 is 2.43 bits per heavy atom. The molecule has 0 aliphatic heterocycles. The second kappa shape index (κ2) is 10.8. The van der Waals surface area contributed by atoms with Crippen molar-refractivity contribution in [3.05, 3.63) is 12.2 Å². The SMILES string of the molecule is CCC(O)/C=C/C1C(O)CC(O)C1CCCCCCCC(=O)O. The molecule has 4 N–H and O–H groups in total. The van der Waals surface area contributed by atoms with Crippen LogP contribution in [0.3, 0.4) is 0 Å². The average Bonchev–Trinajstić information content (AvgIpc) is 2.77. The van der Waals surface area contributed by atoms with Gasteiger partial charge in [-0.1, -0.05) is 44.8 Å². The van der Waals surface area contributed by atoms with E-state index in [0.29, 0.717) is 12.8 Å². The zero-order valence-corrected chi connectivity index (χ0v) is 14.1. The Morgan fingerprint density at radius 1 is 1.13 bits per heavy atom. The highest BCUT2D eigenvalue weighted by Crippen LogP contribution is 2.37. The molecule has 0 radical (unpaired) electrons. The van der Waals surface area contributed by atoms with Crippen molar-refractivity contribution in [2.45, 2.75) is 83.0 Å². The van der Waals surface area contributed by atoms with E-state index in [1.165, 1.54) is 0 Å². The summed E-state index contributed by atoms with van der Waals surface area (Å²) in [4.78, 5) is 10.4. The summed E-state index contributed by atoms with van der Waals surface area (Å²) in [6, 6.07) is 0. The number of hydrogen-bond donors (Lipinski definition) is 4. The van der Waals surface area contributed by atoms with Gasteiger partial charge in [-0.15, -0.1) is 0 Å². The molecule has 134 valence electrons. The van der Waals surface area contributed by atoms with Gasteiger partial charge in [-0.3, -0.25) is 4.79 Å². The van der Waals surface area contributed by atoms with Crippen LogP contribution in [0.2, 0.25) is 0 Å². The second-order valence-electron chi connectivity index (χ2n) is 6.67. The predicted octanol–water partition coefficient (Wildman–Crippen LogP) is 2.49. The zero-order chi connectivity index (χ0) is 17.2. The maximum atomic E-state index is 10.4. The fraction of sp³-hybridized carbons (Fsp3) is 0.833. The molecule has 1 rings (SSSR count). The first kappa shape index (κ1) is 20.1. The highest BCUT2D eigenvalue weighted by Gasteiger charge is 2.39. The molecule has 5 heteroatoms. The third-order valence-corrected chi connectivity index (χ3v) is 4.82. The maximum absolute atomic E-state index is 10.4. The van der Waals surface area contributed by atoms with Gasteiger partial charge in [-0.05, 0) is 25.2 Å². The van der Waals surface area contributed by atoms with Crippen LogP contribution in [0, 0.1) is 11.8 Å². The van der Waals surface area contributed by atoms with Gasteiger partial charge < -0.3 is 20.4 Å². The Labute approximate surface area is 139 Å². The van der Waals surface area contributed by atoms with Crippen molar-refractivity contribution in [2.75, 3.05) is 0 Å². The van der Waals surface area contributed by atoms with E-state index in [2.05, 4.69) is 0 Å². The van der Waals surface area contributed by atoms with Gasteiger partial charge in [0, 0.05) is 18.8 Å². The van der Waals surface area contributed by atoms with E-state index in [9.17, 15) is 20.1 Å². The molecule has 0 aromatic rings. The molecule has 0 aromatic heterocycles. The zero-order valence-electron chi connectivity index (χ0n) is 14.1. The molecule has 0 spiro atoms. The van der Waals surface area contributed by atoms with Crippen molar-refractivity contribution in [1.82, 2.24) is 0 Å². The van der Waals surface area contributed by atoms with E-state index < -0.39 is 24.3 Å². The number of carbonyl (C=O) groups is 1. The minimum absolute atomic E-state index is 0.0457. The maximum Gasteiger partial charge on any atom is 0.303 e. The number of carboxylic acids is 1. The molecule has 0 amide bonds. The van der Waals surface area contributed by atoms with Crippen LogP contribution in [-0.2, 0) is 4.79 Å². The van der Waals surface area contributed by atoms with E-state index in [0.717, 1.165) is 38.5 Å². The number of hydrogen-bond acceptors (Lipinski definition) is 4. The number of aliphatic carboxylic acids is 1. The Kier molecular flexibility index (Phi) is 9.44. The minimum atomic E-state index is -0.739. The van der Waals surface area contributed by atoms with Crippen LogP contribution in [0.1, 0.15) is 64.7 Å². The Bertz CT molecular complexity index is 368. The number of aliphatic hydroxyl groups excluding tert-OH is 3. The molecule has 5 unspecified atom stereocenters. The topological polar surface area (TPSA) is 98.0 Å². The number of rotatable bonds is 11. The van der Waals surface area contributed by atoms with Gasteiger partial charge in [-0.2, -0.15) is 0 Å². The van der Waals surface area contributed by atoms with Gasteiger partial charge in [0.25, 0.3) is 0 Å². The predicted molar refractivity (Wildman–Crippen MR) is 89.0 cm³/mol. The van der Waals surface area contributed by atoms with E-state index in [1.807, 2.05) is 13.0 Å². The van der Waals surface area contributed by atoms with Crippen molar-refractivity contribution >= 4 is 5.97 Å². The average molecular weight is 328 g/mol. The number of carboxylic acid groups (broad SMARTS) is 1. The van der Waals surface area contributed by atoms with Crippen molar-refractivity contribution in [3.63, 3.8) is 0 Å². The molecule has 23 heavy (non-hydrogen) atoms. The van der Waals surface area contributed by atoms with Crippen molar-refractivity contribution < 1.29 is 25.2 Å². The van der Waals surface area contributed by atoms with Gasteiger partial charge >= 0.3 is 5.97 Å². The summed E-state index contributed by atoms with van der Waals surface area (Å²) in [6.45, 7) is 1.90. The van der Waals surface area contributed by atoms with E-state index >= 15 is 0 Å². The fourth-order valence-electron chi connectivity index (χ4n) is 3.36. The molecule has 5 atom stereocenters. The molecular formula is C18H32O5. The number of unbranched alkanes of at least 4 members (excludes halogenated alkanes) is 4. The van der Waals surface area contributed by atoms with Crippen LogP contribution in [0.25, 0.3) is 0 Å². The molecule has 0 saturated heterocycles. The van der Waals surface area contributed by atoms with Crippen molar-refractivity contribution in [3.8, 4) is 0 Å². The first-order chi connectivity index (χ1) is 11.0. The summed E-state index contributed by atoms with van der Waals surface area (Å²) >= 11 is 0. The van der Waals surface area contributed by atoms with Crippen molar-refractivity contribution in [1.29, 1.82) is 0 Å². The molecule has 0 heterocycles. The third kappa shape index (κ3) is 7.46. The van der Waals surface area contributed by atoms with E-state index in [4.69, 9.17) is 5.11 Å². The fourth-order valence-corrected chi connectivity index (χ4v) is 3.36. The largest absolute Gasteiger partial charge is 0.481 e. The second-order valence-corrected chi connectivity index (χ2v) is 6.67. The lowest BCUT2D eigenvalue weighted by Gasteiger charge is -2.21. The summed E-state index contributed by atoms with van der Waals surface area (Å²) in [7, 11) is 0. The lowest BCUT2D eigenvalue weighted by molar-refractivity contribution is -0.137. The summed E-state index contributed by atoms with van der Waals surface area (Å²) < 4.78 is 0. The molecule has 1 saturated carbocycles. The van der Waals surface area contributed by atoms with Gasteiger partial charge in [0.1, 0.15) is 0 Å². The van der Waals surface area contributed by atoms with Gasteiger partial charge in [-0.25, -0.2) is 0 Å².